The highest BCUT2D eigenvalue weighted by molar-refractivity contribution is 5.30. The van der Waals surface area contributed by atoms with Gasteiger partial charge in [0, 0.05) is 31.8 Å². The minimum Gasteiger partial charge on any atom is -0.476 e. The molecule has 1 aliphatic rings. The number of pyridine rings is 1. The van der Waals surface area contributed by atoms with Crippen molar-refractivity contribution in [3.05, 3.63) is 48.0 Å². The molecule has 1 aromatic heterocycles. The maximum Gasteiger partial charge on any atom is 0.222 e. The summed E-state index contributed by atoms with van der Waals surface area (Å²) >= 11 is 0. The monoisotopic (exact) mass is 314 g/mol. The standard InChI is InChI=1S/C18H22N2O3/c1-15-5-7-16(8-6-15)23-18-4-2-3-17(19-18)22-14-11-20-9-12-21-13-10-20/h2-8H,9-14H2,1H3. The number of hydrogen-bond acceptors (Lipinski definition) is 5. The second kappa shape index (κ2) is 7.94. The number of hydrogen-bond donors (Lipinski definition) is 0. The van der Waals surface area contributed by atoms with Gasteiger partial charge < -0.3 is 14.2 Å². The zero-order valence-electron chi connectivity index (χ0n) is 13.4. The van der Waals surface area contributed by atoms with E-state index in [1.807, 2.05) is 49.4 Å². The summed E-state index contributed by atoms with van der Waals surface area (Å²) in [6.45, 7) is 7.08. The average molecular weight is 314 g/mol. The first-order chi connectivity index (χ1) is 11.3. The molecule has 0 saturated carbocycles. The average Bonchev–Trinajstić information content (AvgIpc) is 2.58. The van der Waals surface area contributed by atoms with Gasteiger partial charge >= 0.3 is 0 Å². The number of ether oxygens (including phenoxy) is 3. The van der Waals surface area contributed by atoms with Gasteiger partial charge in [-0.05, 0) is 19.1 Å². The molecule has 122 valence electrons. The highest BCUT2D eigenvalue weighted by Crippen LogP contribution is 2.21. The van der Waals surface area contributed by atoms with Crippen molar-refractivity contribution in [1.82, 2.24) is 9.88 Å². The van der Waals surface area contributed by atoms with Crippen LogP contribution < -0.4 is 9.47 Å². The van der Waals surface area contributed by atoms with E-state index in [1.165, 1.54) is 5.56 Å². The smallest absolute Gasteiger partial charge is 0.222 e. The summed E-state index contributed by atoms with van der Waals surface area (Å²) < 4.78 is 16.8. The minimum absolute atomic E-state index is 0.540. The number of aryl methyl sites for hydroxylation is 1. The van der Waals surface area contributed by atoms with Crippen molar-refractivity contribution in [3.63, 3.8) is 0 Å². The molecule has 0 aliphatic carbocycles. The maximum atomic E-state index is 5.75. The summed E-state index contributed by atoms with van der Waals surface area (Å²) in [7, 11) is 0. The topological polar surface area (TPSA) is 43.8 Å². The Bertz CT molecular complexity index is 610. The van der Waals surface area contributed by atoms with Gasteiger partial charge in [0.05, 0.1) is 13.2 Å². The van der Waals surface area contributed by atoms with Gasteiger partial charge in [-0.2, -0.15) is 4.98 Å². The summed E-state index contributed by atoms with van der Waals surface area (Å²) in [5.41, 5.74) is 1.20. The fraction of sp³-hybridized carbons (Fsp3) is 0.389. The van der Waals surface area contributed by atoms with Crippen LogP contribution in [0.3, 0.4) is 0 Å². The lowest BCUT2D eigenvalue weighted by Gasteiger charge is -2.26. The lowest BCUT2D eigenvalue weighted by atomic mass is 10.2. The maximum absolute atomic E-state index is 5.75. The van der Waals surface area contributed by atoms with Gasteiger partial charge in [-0.1, -0.05) is 23.8 Å². The third-order valence-electron chi connectivity index (χ3n) is 3.70. The van der Waals surface area contributed by atoms with Crippen molar-refractivity contribution < 1.29 is 14.2 Å². The van der Waals surface area contributed by atoms with Crippen LogP contribution in [0.5, 0.6) is 17.5 Å². The van der Waals surface area contributed by atoms with Gasteiger partial charge in [0.2, 0.25) is 11.8 Å². The third kappa shape index (κ3) is 4.94. The van der Waals surface area contributed by atoms with E-state index in [2.05, 4.69) is 9.88 Å². The molecule has 0 amide bonds. The predicted octanol–water partition coefficient (Wildman–Crippen LogP) is 2.89. The van der Waals surface area contributed by atoms with E-state index in [9.17, 15) is 0 Å². The summed E-state index contributed by atoms with van der Waals surface area (Å²) in [5.74, 6) is 1.90. The Morgan fingerprint density at radius 3 is 2.57 bits per heavy atom. The van der Waals surface area contributed by atoms with Crippen LogP contribution in [0.2, 0.25) is 0 Å². The Hall–Kier alpha value is -2.11. The SMILES string of the molecule is Cc1ccc(Oc2cccc(OCCN3CCOCC3)n2)cc1. The van der Waals surface area contributed by atoms with Crippen molar-refractivity contribution >= 4 is 0 Å². The molecular formula is C18H22N2O3. The molecule has 3 rings (SSSR count). The summed E-state index contributed by atoms with van der Waals surface area (Å²) in [6.07, 6.45) is 0. The first-order valence-electron chi connectivity index (χ1n) is 7.94. The van der Waals surface area contributed by atoms with E-state index >= 15 is 0 Å². The summed E-state index contributed by atoms with van der Waals surface area (Å²) in [6, 6.07) is 13.5. The summed E-state index contributed by atoms with van der Waals surface area (Å²) in [5, 5.41) is 0. The molecule has 1 fully saturated rings. The quantitative estimate of drug-likeness (QED) is 0.820. The van der Waals surface area contributed by atoms with Crippen molar-refractivity contribution in [2.24, 2.45) is 0 Å². The van der Waals surface area contributed by atoms with Gasteiger partial charge in [-0.25, -0.2) is 0 Å². The molecule has 0 atom stereocenters. The van der Waals surface area contributed by atoms with Crippen LogP contribution >= 0.6 is 0 Å². The largest absolute Gasteiger partial charge is 0.476 e. The van der Waals surface area contributed by atoms with Crippen molar-refractivity contribution in [1.29, 1.82) is 0 Å². The van der Waals surface area contributed by atoms with Crippen molar-refractivity contribution in [3.8, 4) is 17.5 Å². The van der Waals surface area contributed by atoms with Gasteiger partial charge in [0.1, 0.15) is 12.4 Å². The molecule has 0 unspecified atom stereocenters. The molecule has 5 nitrogen and oxygen atoms in total. The molecule has 2 aromatic rings. The second-order valence-electron chi connectivity index (χ2n) is 5.53. The zero-order valence-corrected chi connectivity index (χ0v) is 13.4. The van der Waals surface area contributed by atoms with Crippen LogP contribution in [0.4, 0.5) is 0 Å². The van der Waals surface area contributed by atoms with E-state index < -0.39 is 0 Å². The fourth-order valence-corrected chi connectivity index (χ4v) is 2.36. The molecule has 1 aromatic carbocycles. The molecule has 0 radical (unpaired) electrons. The van der Waals surface area contributed by atoms with Gasteiger partial charge in [-0.15, -0.1) is 0 Å². The van der Waals surface area contributed by atoms with Crippen LogP contribution in [-0.2, 0) is 4.74 Å². The predicted molar refractivity (Wildman–Crippen MR) is 88.2 cm³/mol. The van der Waals surface area contributed by atoms with Crippen LogP contribution in [-0.4, -0.2) is 49.3 Å². The third-order valence-corrected chi connectivity index (χ3v) is 3.70. The van der Waals surface area contributed by atoms with E-state index in [0.717, 1.165) is 38.6 Å². The minimum atomic E-state index is 0.540. The van der Waals surface area contributed by atoms with Crippen LogP contribution in [0.15, 0.2) is 42.5 Å². The normalized spacial score (nSPS) is 15.3. The van der Waals surface area contributed by atoms with Crippen LogP contribution in [0, 0.1) is 6.92 Å². The van der Waals surface area contributed by atoms with E-state index in [1.54, 1.807) is 0 Å². The van der Waals surface area contributed by atoms with Crippen LogP contribution in [0.25, 0.3) is 0 Å². The lowest BCUT2D eigenvalue weighted by Crippen LogP contribution is -2.38. The van der Waals surface area contributed by atoms with Crippen molar-refractivity contribution in [2.75, 3.05) is 39.5 Å². The first kappa shape index (κ1) is 15.8. The highest BCUT2D eigenvalue weighted by atomic mass is 16.5. The number of nitrogens with zero attached hydrogens (tertiary/aromatic N) is 2. The summed E-state index contributed by atoms with van der Waals surface area (Å²) in [4.78, 5) is 6.71. The Balaban J connectivity index is 1.51. The Labute approximate surface area is 136 Å². The van der Waals surface area contributed by atoms with E-state index in [0.29, 0.717) is 18.4 Å². The fourth-order valence-electron chi connectivity index (χ4n) is 2.36. The highest BCUT2D eigenvalue weighted by Gasteiger charge is 2.10. The number of aromatic nitrogens is 1. The number of morpholine rings is 1. The number of rotatable bonds is 6. The van der Waals surface area contributed by atoms with Gasteiger partial charge in [0.15, 0.2) is 0 Å². The molecule has 0 spiro atoms. The van der Waals surface area contributed by atoms with E-state index in [-0.39, 0.29) is 0 Å². The first-order valence-corrected chi connectivity index (χ1v) is 7.94. The van der Waals surface area contributed by atoms with Crippen molar-refractivity contribution in [2.45, 2.75) is 6.92 Å². The number of benzene rings is 1. The molecule has 1 saturated heterocycles. The van der Waals surface area contributed by atoms with E-state index in [4.69, 9.17) is 14.2 Å². The molecule has 1 aliphatic heterocycles. The van der Waals surface area contributed by atoms with Gasteiger partial charge in [-0.3, -0.25) is 4.90 Å². The molecule has 0 bridgehead atoms. The molecule has 5 heteroatoms. The Morgan fingerprint density at radius 2 is 1.78 bits per heavy atom. The van der Waals surface area contributed by atoms with Crippen LogP contribution in [0.1, 0.15) is 5.56 Å². The molecule has 23 heavy (non-hydrogen) atoms. The molecular weight excluding hydrogens is 292 g/mol. The second-order valence-corrected chi connectivity index (χ2v) is 5.53. The van der Waals surface area contributed by atoms with Gasteiger partial charge in [0.25, 0.3) is 0 Å². The molecule has 0 N–H and O–H groups in total. The Morgan fingerprint density at radius 1 is 1.04 bits per heavy atom. The molecule has 2 heterocycles. The lowest BCUT2D eigenvalue weighted by molar-refractivity contribution is 0.0320. The zero-order chi connectivity index (χ0) is 15.9. The Kier molecular flexibility index (Phi) is 5.45.